The minimum atomic E-state index is -4.80. The van der Waals surface area contributed by atoms with Crippen molar-refractivity contribution >= 4 is 87.0 Å². The molecule has 18 heteroatoms. The zero-order valence-corrected chi connectivity index (χ0v) is 38.7. The molecule has 0 aromatic heterocycles. The SMILES string of the molecule is Cc1cc2c(c(O)c1-c1c(C)cc3c(c1O)/C(=C/Nc1c(O)cc(S(=O)(=O)O)c4ccccc14)C(=O)C(O)=C3C(C)C)/C(=C/Nc1c(O)cc(S(=O)(=O)O)c3ccccc13)C(=O)C(O)=C2C(C)C. The van der Waals surface area contributed by atoms with Crippen molar-refractivity contribution in [1.29, 1.82) is 0 Å². The molecular weight excluding hydrogens is 917 g/mol. The van der Waals surface area contributed by atoms with E-state index in [0.29, 0.717) is 11.1 Å². The van der Waals surface area contributed by atoms with Crippen LogP contribution in [0.5, 0.6) is 23.0 Å². The molecular formula is C50H44N2O14S2. The third kappa shape index (κ3) is 7.47. The number of nitrogens with one attached hydrogen (secondary N) is 2. The molecule has 0 aliphatic heterocycles. The number of aliphatic hydroxyl groups is 2. The van der Waals surface area contributed by atoms with Gasteiger partial charge in [-0.25, -0.2) is 0 Å². The summed E-state index contributed by atoms with van der Waals surface area (Å²) in [4.78, 5) is 27.3. The summed E-state index contributed by atoms with van der Waals surface area (Å²) >= 11 is 0. The van der Waals surface area contributed by atoms with Gasteiger partial charge < -0.3 is 41.3 Å². The molecule has 10 N–H and O–H groups in total. The molecule has 16 nitrogen and oxygen atoms in total. The molecule has 0 saturated heterocycles. The molecule has 0 fully saturated rings. The summed E-state index contributed by atoms with van der Waals surface area (Å²) in [5.74, 6) is -6.41. The zero-order valence-electron chi connectivity index (χ0n) is 37.1. The monoisotopic (exact) mass is 960 g/mol. The summed E-state index contributed by atoms with van der Waals surface area (Å²) in [6.07, 6.45) is 2.24. The molecule has 0 saturated carbocycles. The van der Waals surface area contributed by atoms with Gasteiger partial charge in [-0.1, -0.05) is 88.4 Å². The third-order valence-electron chi connectivity index (χ3n) is 12.2. The lowest BCUT2D eigenvalue weighted by Crippen LogP contribution is -2.20. The number of ketones is 2. The molecule has 2 aliphatic carbocycles. The average Bonchev–Trinajstić information content (AvgIpc) is 3.25. The van der Waals surface area contributed by atoms with Gasteiger partial charge in [0.1, 0.15) is 32.8 Å². The van der Waals surface area contributed by atoms with Crippen molar-refractivity contribution < 1.29 is 66.2 Å². The number of phenols is 4. The number of hydrogen-bond donors (Lipinski definition) is 10. The van der Waals surface area contributed by atoms with Crippen molar-refractivity contribution in [2.24, 2.45) is 11.8 Å². The maximum Gasteiger partial charge on any atom is 0.295 e. The Morgan fingerprint density at radius 1 is 0.500 bits per heavy atom. The van der Waals surface area contributed by atoms with E-state index in [1.54, 1.807) is 65.8 Å². The Bertz CT molecular complexity index is 3400. The lowest BCUT2D eigenvalue weighted by Gasteiger charge is -2.29. The fourth-order valence-electron chi connectivity index (χ4n) is 9.30. The first-order valence-corrected chi connectivity index (χ1v) is 23.8. The predicted octanol–water partition coefficient (Wildman–Crippen LogP) is 9.51. The number of rotatable bonds is 9. The van der Waals surface area contributed by atoms with Crippen LogP contribution < -0.4 is 10.6 Å². The third-order valence-corrected chi connectivity index (χ3v) is 14.0. The highest BCUT2D eigenvalue weighted by molar-refractivity contribution is 7.86. The molecule has 0 unspecified atom stereocenters. The van der Waals surface area contributed by atoms with Crippen molar-refractivity contribution in [2.45, 2.75) is 51.3 Å². The van der Waals surface area contributed by atoms with Crippen molar-refractivity contribution in [2.75, 3.05) is 10.6 Å². The van der Waals surface area contributed by atoms with E-state index >= 15 is 0 Å². The van der Waals surface area contributed by atoms with Crippen LogP contribution in [0.2, 0.25) is 0 Å². The number of fused-ring (bicyclic) bond motifs is 4. The summed E-state index contributed by atoms with van der Waals surface area (Å²) in [5, 5.41) is 76.2. The number of aliphatic hydroxyl groups excluding tert-OH is 2. The van der Waals surface area contributed by atoms with Gasteiger partial charge in [0, 0.05) is 79.5 Å². The van der Waals surface area contributed by atoms with Gasteiger partial charge in [0.2, 0.25) is 11.6 Å². The Kier molecular flexibility index (Phi) is 11.4. The van der Waals surface area contributed by atoms with Gasteiger partial charge in [0.25, 0.3) is 20.2 Å². The predicted molar refractivity (Wildman–Crippen MR) is 258 cm³/mol. The van der Waals surface area contributed by atoms with Crippen LogP contribution in [0.15, 0.2) is 107 Å². The van der Waals surface area contributed by atoms with Crippen molar-refractivity contribution in [3.8, 4) is 34.1 Å². The topological polar surface area (TPSA) is 288 Å². The normalized spacial score (nSPS) is 15.6. The Morgan fingerprint density at radius 2 is 0.824 bits per heavy atom. The van der Waals surface area contributed by atoms with E-state index in [-0.39, 0.29) is 88.6 Å². The van der Waals surface area contributed by atoms with Crippen LogP contribution in [-0.4, -0.2) is 68.1 Å². The van der Waals surface area contributed by atoms with Crippen LogP contribution in [0, 0.1) is 25.7 Å². The lowest BCUT2D eigenvalue weighted by molar-refractivity contribution is -0.113. The number of benzene rings is 6. The van der Waals surface area contributed by atoms with Crippen LogP contribution in [-0.2, 0) is 29.8 Å². The Balaban J connectivity index is 1.36. The second-order valence-corrected chi connectivity index (χ2v) is 19.9. The number of hydrogen-bond acceptors (Lipinski definition) is 14. The van der Waals surface area contributed by atoms with E-state index in [1.807, 2.05) is 0 Å². The first-order chi connectivity index (χ1) is 31.9. The molecule has 2 aliphatic rings. The van der Waals surface area contributed by atoms with Gasteiger partial charge in [0.05, 0.1) is 22.5 Å². The first-order valence-electron chi connectivity index (χ1n) is 20.9. The maximum absolute atomic E-state index is 14.2. The second kappa shape index (κ2) is 16.6. The van der Waals surface area contributed by atoms with Crippen molar-refractivity contribution in [3.05, 3.63) is 130 Å². The van der Waals surface area contributed by atoms with Crippen molar-refractivity contribution in [1.82, 2.24) is 0 Å². The van der Waals surface area contributed by atoms with E-state index in [9.17, 15) is 66.2 Å². The number of phenolic OH excluding ortho intramolecular Hbond substituents is 4. The minimum Gasteiger partial charge on any atom is -0.507 e. The Hall–Kier alpha value is -7.64. The van der Waals surface area contributed by atoms with Crippen LogP contribution in [0.25, 0.3) is 55.0 Å². The molecule has 0 amide bonds. The fourth-order valence-corrected chi connectivity index (χ4v) is 10.7. The highest BCUT2D eigenvalue weighted by atomic mass is 32.2. The van der Waals surface area contributed by atoms with E-state index < -0.39 is 87.9 Å². The summed E-state index contributed by atoms with van der Waals surface area (Å²) < 4.78 is 68.9. The molecule has 0 bridgehead atoms. The number of Topliss-reactive ketones (excluding diaryl/α,β-unsaturated/α-hetero) is 2. The largest absolute Gasteiger partial charge is 0.507 e. The van der Waals surface area contributed by atoms with Crippen LogP contribution in [0.4, 0.5) is 11.4 Å². The summed E-state index contributed by atoms with van der Waals surface area (Å²) in [7, 11) is -9.61. The molecule has 8 rings (SSSR count). The zero-order chi connectivity index (χ0) is 49.6. The molecule has 0 spiro atoms. The molecule has 6 aromatic rings. The molecule has 6 aromatic carbocycles. The second-order valence-electron chi connectivity index (χ2n) is 17.2. The summed E-state index contributed by atoms with van der Waals surface area (Å²) in [6, 6.07) is 16.7. The van der Waals surface area contributed by atoms with Gasteiger partial charge >= 0.3 is 0 Å². The van der Waals surface area contributed by atoms with Crippen LogP contribution in [0.1, 0.15) is 61.1 Å². The number of carbonyl (C=O) groups excluding carboxylic acids is 2. The van der Waals surface area contributed by atoms with E-state index in [1.165, 1.54) is 36.4 Å². The van der Waals surface area contributed by atoms with E-state index in [2.05, 4.69) is 10.6 Å². The van der Waals surface area contributed by atoms with Gasteiger partial charge in [-0.15, -0.1) is 0 Å². The number of aryl methyl sites for hydroxylation is 2. The van der Waals surface area contributed by atoms with Crippen LogP contribution >= 0.6 is 0 Å². The van der Waals surface area contributed by atoms with Crippen molar-refractivity contribution in [3.63, 3.8) is 0 Å². The first kappa shape index (κ1) is 46.9. The fraction of sp³-hybridized carbons (Fsp3) is 0.160. The molecule has 0 radical (unpaired) electrons. The molecule has 0 atom stereocenters. The smallest absolute Gasteiger partial charge is 0.295 e. The quantitative estimate of drug-likeness (QED) is 0.0367. The summed E-state index contributed by atoms with van der Waals surface area (Å²) in [5.41, 5.74) is 0.598. The van der Waals surface area contributed by atoms with Gasteiger partial charge in [0.15, 0.2) is 11.5 Å². The standard InChI is InChI=1S/C50H44N2O14S2/c1-21(2)37-29-15-23(5)39(47(57)41(29)31(45(55)49(37)59)19-51-43-27-13-9-7-11-25(27)35(17-33(43)53)67(61,62)63)40-24(6)16-30-38(22(3)4)50(60)46(56)32(42(30)48(40)58)20-52-44-28-14-10-8-12-26(28)36(18-34(44)54)68(64,65)66/h7-22,51-54,57-60H,1-6H3,(H,61,62,63)(H,64,65,66)/b31-19-,32-20-. The Labute approximate surface area is 389 Å². The number of allylic oxidation sites excluding steroid dienone is 4. The number of carbonyl (C=O) groups is 2. The maximum atomic E-state index is 14.2. The van der Waals surface area contributed by atoms with E-state index in [4.69, 9.17) is 0 Å². The van der Waals surface area contributed by atoms with Crippen LogP contribution in [0.3, 0.4) is 0 Å². The van der Waals surface area contributed by atoms with Gasteiger partial charge in [-0.2, -0.15) is 16.8 Å². The molecule has 0 heterocycles. The summed E-state index contributed by atoms with van der Waals surface area (Å²) in [6.45, 7) is 10.2. The lowest BCUT2D eigenvalue weighted by atomic mass is 9.75. The minimum absolute atomic E-state index is 0.00428. The molecule has 68 heavy (non-hydrogen) atoms. The average molecular weight is 961 g/mol. The number of anilines is 2. The van der Waals surface area contributed by atoms with Gasteiger partial charge in [-0.05, 0) is 47.9 Å². The van der Waals surface area contributed by atoms with Gasteiger partial charge in [-0.3, -0.25) is 18.7 Å². The Morgan fingerprint density at radius 3 is 1.13 bits per heavy atom. The highest BCUT2D eigenvalue weighted by Gasteiger charge is 2.39. The van der Waals surface area contributed by atoms with E-state index in [0.717, 1.165) is 24.5 Å². The number of aromatic hydroxyl groups is 4. The molecule has 350 valence electrons. The highest BCUT2D eigenvalue weighted by Crippen LogP contribution is 2.54.